The van der Waals surface area contributed by atoms with E-state index in [1.165, 1.54) is 14.0 Å². The second-order valence-electron chi connectivity index (χ2n) is 21.8. The average Bonchev–Trinajstić information content (AvgIpc) is 4.36. The number of fused-ring (bicyclic) bond motifs is 1. The van der Waals surface area contributed by atoms with E-state index < -0.39 is 81.3 Å². The highest BCUT2D eigenvalue weighted by Gasteiger charge is 2.63. The molecule has 0 radical (unpaired) electrons. The molecule has 422 valence electrons. The maximum Gasteiger partial charge on any atom is 0.317 e. The molecule has 3 fully saturated rings. The summed E-state index contributed by atoms with van der Waals surface area (Å²) in [6, 6.07) is 10.3. The number of aromatic nitrogens is 9. The van der Waals surface area contributed by atoms with Crippen molar-refractivity contribution in [2.45, 2.75) is 151 Å². The van der Waals surface area contributed by atoms with Gasteiger partial charge >= 0.3 is 5.97 Å². The Morgan fingerprint density at radius 1 is 0.987 bits per heavy atom. The number of methoxy groups -OCH3 is 1. The highest BCUT2D eigenvalue weighted by Crippen LogP contribution is 2.48. The number of likely N-dealkylation sites (N-methyl/N-ethyl adjacent to an activating group) is 2. The molecule has 0 amide bonds. The van der Waals surface area contributed by atoms with Gasteiger partial charge in [0.2, 0.25) is 0 Å². The number of hydrogen-bond acceptors (Lipinski definition) is 19. The van der Waals surface area contributed by atoms with E-state index in [1.54, 1.807) is 48.9 Å². The molecule has 1 aromatic carbocycles. The Bertz CT molecular complexity index is 2820. The van der Waals surface area contributed by atoms with Gasteiger partial charge in [0, 0.05) is 93.9 Å². The van der Waals surface area contributed by atoms with Crippen LogP contribution < -0.4 is 0 Å². The molecule has 1 unspecified atom stereocenters. The number of esters is 1. The van der Waals surface area contributed by atoms with E-state index in [4.69, 9.17) is 23.7 Å². The maximum absolute atomic E-state index is 15.3. The third kappa shape index (κ3) is 12.8. The molecule has 78 heavy (non-hydrogen) atoms. The molecule has 8 rings (SSSR count). The standard InChI is InChI=1S/C55H74IN11O11/c1-33-25-54(5,74-9)50(77-52-48(72)44(24-34(2)76-52)63(7)22-18-39-29-67(62-60-39)41-16-14-37(15-17-41)27-66-28-40(19-23-68)59-61-66)35(3)47(71)36(4)51(73)78-53(56)55(6,75-32-69)49-45(46(33)70)43(64(49)8)13-11-21-65-30-42(58-31-65)38-12-10-20-57-26-38/h10,12,14-17,20,26,28-36,43-45,48-50,52-53,68,72H,11,13,18-19,21-25,27H2,1-9H3/t33-,34-,35+,36-,43?,44+,45+,48-,49+,50-,52+,53+,54-,55+/m1/s1. The molecule has 5 aromatic rings. The van der Waals surface area contributed by atoms with Crippen LogP contribution in [0.1, 0.15) is 84.2 Å². The second-order valence-corrected chi connectivity index (χ2v) is 22.9. The number of pyridine rings is 1. The summed E-state index contributed by atoms with van der Waals surface area (Å²) in [5, 5.41) is 38.5. The summed E-state index contributed by atoms with van der Waals surface area (Å²) in [6.45, 7) is 12.3. The number of imidazole rings is 1. The molecular weight excluding hydrogens is 1120 g/mol. The minimum Gasteiger partial charge on any atom is -0.455 e. The summed E-state index contributed by atoms with van der Waals surface area (Å²) in [4.78, 5) is 69.1. The van der Waals surface area contributed by atoms with Gasteiger partial charge in [0.15, 0.2) is 21.8 Å². The number of aliphatic hydroxyl groups is 2. The van der Waals surface area contributed by atoms with Gasteiger partial charge < -0.3 is 43.4 Å². The Morgan fingerprint density at radius 3 is 2.44 bits per heavy atom. The molecule has 0 saturated carbocycles. The SMILES string of the molecule is CO[C@]1(C)C[C@@H](C)C(=O)[C@@H]2C(CCCn3cnc(-c4cccnc4)c3)N(C)[C@@H]2[C@](C)(OC=O)[C@@H](I)OC(=O)[C@H](C)C(=O)[C@H](C)[C@H]1O[C@@H]1O[C@H](C)C[C@H](N(C)CCc2cn(-c3ccc(Cn4cc(CCO)nn4)cc3)nn2)[C@H]1O. The number of aryl methyl sites for hydroxylation is 1. The molecule has 23 heteroatoms. The van der Waals surface area contributed by atoms with Crippen LogP contribution in [0.3, 0.4) is 0 Å². The average molecular weight is 1190 g/mol. The first-order valence-electron chi connectivity index (χ1n) is 26.7. The Morgan fingerprint density at radius 2 is 1.73 bits per heavy atom. The molecule has 0 spiro atoms. The van der Waals surface area contributed by atoms with E-state index in [-0.39, 0.29) is 31.0 Å². The molecule has 3 aliphatic rings. The number of Topliss-reactive ketones (excluding diaryl/α,β-unsaturated/α-hetero) is 2. The van der Waals surface area contributed by atoms with E-state index in [9.17, 15) is 24.6 Å². The second kappa shape index (κ2) is 25.4. The molecule has 4 aromatic heterocycles. The monoisotopic (exact) mass is 1190 g/mol. The molecule has 7 heterocycles. The van der Waals surface area contributed by atoms with E-state index in [0.717, 1.165) is 33.9 Å². The van der Waals surface area contributed by atoms with Gasteiger partial charge in [-0.15, -0.1) is 10.2 Å². The number of alkyl halides is 1. The molecule has 2 N–H and O–H groups in total. The van der Waals surface area contributed by atoms with Crippen LogP contribution in [0, 0.1) is 23.7 Å². The van der Waals surface area contributed by atoms with Crippen LogP contribution in [0.5, 0.6) is 0 Å². The molecule has 3 aliphatic heterocycles. The molecule has 14 atom stereocenters. The van der Waals surface area contributed by atoms with Crippen molar-refractivity contribution >= 4 is 46.6 Å². The van der Waals surface area contributed by atoms with E-state index in [2.05, 4.69) is 30.6 Å². The van der Waals surface area contributed by atoms with Crippen LogP contribution in [-0.4, -0.2) is 181 Å². The van der Waals surface area contributed by atoms with E-state index in [0.29, 0.717) is 58.2 Å². The number of carbonyl (C=O) groups excluding carboxylic acids is 4. The predicted molar refractivity (Wildman–Crippen MR) is 292 cm³/mol. The Hall–Kier alpha value is -5.41. The van der Waals surface area contributed by atoms with Crippen LogP contribution in [0.2, 0.25) is 0 Å². The van der Waals surface area contributed by atoms with Crippen molar-refractivity contribution in [3.8, 4) is 16.9 Å². The highest BCUT2D eigenvalue weighted by molar-refractivity contribution is 14.1. The topological polar surface area (TPSA) is 253 Å². The van der Waals surface area contributed by atoms with Crippen molar-refractivity contribution in [3.05, 3.63) is 90.7 Å². The number of nitrogens with zero attached hydrogens (tertiary/aromatic N) is 11. The first kappa shape index (κ1) is 58.7. The number of ether oxygens (including phenoxy) is 5. The van der Waals surface area contributed by atoms with Crippen molar-refractivity contribution in [2.24, 2.45) is 23.7 Å². The van der Waals surface area contributed by atoms with Gasteiger partial charge in [0.25, 0.3) is 6.47 Å². The van der Waals surface area contributed by atoms with Crippen LogP contribution in [-0.2, 0) is 68.8 Å². The molecule has 3 saturated heterocycles. The summed E-state index contributed by atoms with van der Waals surface area (Å²) in [5.41, 5.74) is 2.19. The van der Waals surface area contributed by atoms with Crippen LogP contribution in [0.25, 0.3) is 16.9 Å². The van der Waals surface area contributed by atoms with E-state index in [1.807, 2.05) is 120 Å². The van der Waals surface area contributed by atoms with Crippen molar-refractivity contribution in [2.75, 3.05) is 34.4 Å². The van der Waals surface area contributed by atoms with Gasteiger partial charge in [-0.1, -0.05) is 36.4 Å². The lowest BCUT2D eigenvalue weighted by molar-refractivity contribution is -0.296. The number of benzene rings is 1. The Labute approximate surface area is 468 Å². The summed E-state index contributed by atoms with van der Waals surface area (Å²) in [6.07, 6.45) is 9.83. The fourth-order valence-electron chi connectivity index (χ4n) is 11.7. The smallest absolute Gasteiger partial charge is 0.317 e. The summed E-state index contributed by atoms with van der Waals surface area (Å²) in [5.74, 6) is -5.12. The first-order valence-corrected chi connectivity index (χ1v) is 28.0. The van der Waals surface area contributed by atoms with Gasteiger partial charge in [-0.05, 0) is 120 Å². The van der Waals surface area contributed by atoms with Crippen molar-refractivity contribution in [1.82, 2.24) is 54.3 Å². The number of rotatable bonds is 19. The highest BCUT2D eigenvalue weighted by atomic mass is 127. The number of cyclic esters (lactones) is 1. The van der Waals surface area contributed by atoms with Crippen LogP contribution in [0.15, 0.2) is 73.7 Å². The normalized spacial score (nSPS) is 31.3. The van der Waals surface area contributed by atoms with Crippen molar-refractivity contribution in [1.29, 1.82) is 0 Å². The van der Waals surface area contributed by atoms with Gasteiger partial charge in [0.05, 0.1) is 71.6 Å². The fourth-order valence-corrected chi connectivity index (χ4v) is 12.5. The van der Waals surface area contributed by atoms with Gasteiger partial charge in [-0.25, -0.2) is 14.3 Å². The van der Waals surface area contributed by atoms with Gasteiger partial charge in [0.1, 0.15) is 17.8 Å². The Kier molecular flexibility index (Phi) is 19.1. The maximum atomic E-state index is 15.3. The zero-order valence-electron chi connectivity index (χ0n) is 45.9. The van der Waals surface area contributed by atoms with Crippen molar-refractivity contribution < 1.29 is 53.1 Å². The third-order valence-corrected chi connectivity index (χ3v) is 17.8. The Balaban J connectivity index is 0.976. The number of halogens is 1. The van der Waals surface area contributed by atoms with Gasteiger partial charge in [-0.2, -0.15) is 0 Å². The molecule has 22 nitrogen and oxygen atoms in total. The van der Waals surface area contributed by atoms with Gasteiger partial charge in [-0.3, -0.25) is 29.1 Å². The minimum absolute atomic E-state index is 0.0133. The number of likely N-dealkylation sites (tertiary alicyclic amines) is 1. The lowest BCUT2D eigenvalue weighted by Gasteiger charge is -2.59. The lowest BCUT2D eigenvalue weighted by Crippen LogP contribution is -2.75. The number of aliphatic hydroxyl groups excluding tert-OH is 2. The quantitative estimate of drug-likeness (QED) is 0.0384. The zero-order valence-corrected chi connectivity index (χ0v) is 48.0. The molecule has 0 aliphatic carbocycles. The summed E-state index contributed by atoms with van der Waals surface area (Å²) in [7, 11) is 5.30. The zero-order chi connectivity index (χ0) is 56.1. The largest absolute Gasteiger partial charge is 0.455 e. The van der Waals surface area contributed by atoms with E-state index >= 15 is 4.79 Å². The number of carbonyl (C=O) groups is 4. The predicted octanol–water partition coefficient (Wildman–Crippen LogP) is 4.29. The van der Waals surface area contributed by atoms with Crippen LogP contribution >= 0.6 is 22.6 Å². The van der Waals surface area contributed by atoms with Crippen molar-refractivity contribution in [3.63, 3.8) is 0 Å². The number of hydrogen-bond donors (Lipinski definition) is 2. The summed E-state index contributed by atoms with van der Waals surface area (Å²) >= 11 is 1.92. The lowest BCUT2D eigenvalue weighted by atomic mass is 9.65. The number of ketones is 2. The first-order chi connectivity index (χ1) is 37.3. The molecular formula is C55H74IN11O11. The fraction of sp³-hybridized carbons (Fsp3) is 0.600. The molecule has 0 bridgehead atoms. The third-order valence-electron chi connectivity index (χ3n) is 16.3. The summed E-state index contributed by atoms with van der Waals surface area (Å²) < 4.78 is 35.8. The minimum atomic E-state index is -1.49. The van der Waals surface area contributed by atoms with Crippen LogP contribution in [0.4, 0.5) is 0 Å².